The number of rotatable bonds is 8. The van der Waals surface area contributed by atoms with Crippen molar-refractivity contribution in [1.82, 2.24) is 39.7 Å². The Morgan fingerprint density at radius 1 is 1.24 bits per heavy atom. The molecule has 2 atom stereocenters. The summed E-state index contributed by atoms with van der Waals surface area (Å²) in [7, 11) is 0. The van der Waals surface area contributed by atoms with Crippen LogP contribution < -0.4 is 10.6 Å². The summed E-state index contributed by atoms with van der Waals surface area (Å²) in [6, 6.07) is 1.06. The number of fused-ring (bicyclic) bond motifs is 1. The van der Waals surface area contributed by atoms with Crippen LogP contribution in [0.15, 0.2) is 50.0 Å². The molecule has 0 aromatic carbocycles. The van der Waals surface area contributed by atoms with Crippen molar-refractivity contribution in [3.63, 3.8) is 0 Å². The highest BCUT2D eigenvalue weighted by atomic mass is 32.1. The van der Waals surface area contributed by atoms with Crippen LogP contribution in [0.2, 0.25) is 0 Å². The number of thiazole rings is 1. The van der Waals surface area contributed by atoms with Crippen LogP contribution >= 0.6 is 11.3 Å². The molecule has 5 rings (SSSR count). The molecule has 190 valence electrons. The number of aromatic nitrogens is 6. The molecule has 14 heteroatoms. The van der Waals surface area contributed by atoms with Crippen LogP contribution in [0.3, 0.4) is 0 Å². The number of hydrogen-bond donors (Lipinski definition) is 3. The number of carbonyl (C=O) groups is 2. The van der Waals surface area contributed by atoms with Gasteiger partial charge in [0.15, 0.2) is 10.9 Å². The number of imidazole rings is 1. The maximum atomic E-state index is 14.0. The summed E-state index contributed by atoms with van der Waals surface area (Å²) in [6.45, 7) is 4.27. The second kappa shape index (κ2) is 10.4. The monoisotopic (exact) mass is 523 g/mol. The largest absolute Gasteiger partial charge is 0.391 e. The molecule has 0 saturated carbocycles. The molecule has 0 unspecified atom stereocenters. The third-order valence-corrected chi connectivity index (χ3v) is 6.76. The van der Waals surface area contributed by atoms with Crippen molar-refractivity contribution in [3.8, 4) is 10.6 Å². The number of likely N-dealkylation sites (tertiary alicyclic amines) is 1. The minimum absolute atomic E-state index is 0.104. The minimum atomic E-state index is -0.746. The zero-order valence-electron chi connectivity index (χ0n) is 19.4. The molecule has 1 saturated heterocycles. The predicted molar refractivity (Wildman–Crippen MR) is 133 cm³/mol. The molecule has 5 heterocycles. The number of nitrogens with one attached hydrogen (secondary N) is 2. The zero-order chi connectivity index (χ0) is 25.9. The molecular weight excluding hydrogens is 501 g/mol. The molecule has 4 aromatic rings. The van der Waals surface area contributed by atoms with Crippen molar-refractivity contribution >= 4 is 45.1 Å². The van der Waals surface area contributed by atoms with Crippen LogP contribution in [0.25, 0.3) is 21.6 Å². The van der Waals surface area contributed by atoms with Gasteiger partial charge in [-0.1, -0.05) is 17.9 Å². The van der Waals surface area contributed by atoms with Gasteiger partial charge >= 0.3 is 0 Å². The zero-order valence-corrected chi connectivity index (χ0v) is 20.2. The Bertz CT molecular complexity index is 1470. The summed E-state index contributed by atoms with van der Waals surface area (Å²) >= 11 is 1.23. The van der Waals surface area contributed by atoms with Gasteiger partial charge in [0.05, 0.1) is 35.2 Å². The summed E-state index contributed by atoms with van der Waals surface area (Å²) in [5.41, 5.74) is 1.62. The lowest BCUT2D eigenvalue weighted by Crippen LogP contribution is -2.46. The van der Waals surface area contributed by atoms with Gasteiger partial charge in [0.2, 0.25) is 11.8 Å². The van der Waals surface area contributed by atoms with Gasteiger partial charge in [-0.05, 0) is 6.08 Å². The maximum absolute atomic E-state index is 14.0. The molecule has 12 nitrogen and oxygen atoms in total. The topological polar surface area (TPSA) is 151 Å². The van der Waals surface area contributed by atoms with Crippen molar-refractivity contribution in [2.75, 3.05) is 18.4 Å². The Balaban J connectivity index is 1.24. The minimum Gasteiger partial charge on any atom is -0.391 e. The van der Waals surface area contributed by atoms with E-state index in [9.17, 15) is 19.1 Å². The standard InChI is InChI=1S/C23H22FN9O3S/c1-2-20(35)33-10-13(34)5-17(33)22(36)26-3-4-32-12-30-15-8-27-19(6-16(15)32)31-23-28-9-18(37-23)21-14(24)7-25-11-29-21/h2,6-9,11-13,17,34H,1,3-5,10H2,(H,26,36)(H,27,28,31)/t13-,17+/m1/s1. The van der Waals surface area contributed by atoms with Crippen molar-refractivity contribution in [2.45, 2.75) is 25.1 Å². The number of anilines is 2. The first-order chi connectivity index (χ1) is 17.9. The number of hydrogen-bond acceptors (Lipinski definition) is 10. The SMILES string of the molecule is C=CC(=O)N1C[C@H](O)C[C@H]1C(=O)NCCn1cnc2cnc(Nc3ncc(-c4ncncc4F)s3)cc21. The van der Waals surface area contributed by atoms with Gasteiger partial charge in [-0.3, -0.25) is 9.59 Å². The van der Waals surface area contributed by atoms with E-state index < -0.39 is 18.0 Å². The van der Waals surface area contributed by atoms with Crippen molar-refractivity contribution in [3.05, 3.63) is 55.8 Å². The number of aliphatic hydroxyl groups excluding tert-OH is 1. The second-order valence-electron chi connectivity index (χ2n) is 8.26. The highest BCUT2D eigenvalue weighted by molar-refractivity contribution is 7.18. The highest BCUT2D eigenvalue weighted by Gasteiger charge is 2.37. The van der Waals surface area contributed by atoms with E-state index in [1.807, 2.05) is 4.57 Å². The molecule has 37 heavy (non-hydrogen) atoms. The van der Waals surface area contributed by atoms with Crippen LogP contribution in [0.4, 0.5) is 15.3 Å². The predicted octanol–water partition coefficient (Wildman–Crippen LogP) is 1.49. The van der Waals surface area contributed by atoms with Crippen molar-refractivity contribution in [1.29, 1.82) is 0 Å². The van der Waals surface area contributed by atoms with E-state index in [-0.39, 0.29) is 30.5 Å². The van der Waals surface area contributed by atoms with E-state index in [1.165, 1.54) is 28.8 Å². The first-order valence-electron chi connectivity index (χ1n) is 11.3. The third kappa shape index (κ3) is 5.15. The van der Waals surface area contributed by atoms with Gasteiger partial charge in [-0.15, -0.1) is 0 Å². The van der Waals surface area contributed by atoms with Crippen LogP contribution in [0.5, 0.6) is 0 Å². The van der Waals surface area contributed by atoms with Crippen LogP contribution in [0.1, 0.15) is 6.42 Å². The average molecular weight is 524 g/mol. The van der Waals surface area contributed by atoms with E-state index in [1.54, 1.807) is 18.6 Å². The fourth-order valence-electron chi connectivity index (χ4n) is 4.09. The van der Waals surface area contributed by atoms with Gasteiger partial charge in [-0.2, -0.15) is 0 Å². The Morgan fingerprint density at radius 2 is 2.11 bits per heavy atom. The summed E-state index contributed by atoms with van der Waals surface area (Å²) in [5, 5.41) is 16.3. The lowest BCUT2D eigenvalue weighted by atomic mass is 10.2. The number of pyridine rings is 1. The molecular formula is C23H22FN9O3S. The third-order valence-electron chi connectivity index (χ3n) is 5.84. The quantitative estimate of drug-likeness (QED) is 0.292. The second-order valence-corrected chi connectivity index (χ2v) is 9.29. The van der Waals surface area contributed by atoms with E-state index in [0.717, 1.165) is 17.8 Å². The summed E-state index contributed by atoms with van der Waals surface area (Å²) in [5.74, 6) is -0.738. The number of amides is 2. The summed E-state index contributed by atoms with van der Waals surface area (Å²) in [4.78, 5) is 47.1. The Hall–Kier alpha value is -4.30. The van der Waals surface area contributed by atoms with E-state index in [2.05, 4.69) is 42.1 Å². The first-order valence-corrected chi connectivity index (χ1v) is 12.1. The van der Waals surface area contributed by atoms with Gasteiger partial charge in [0, 0.05) is 38.3 Å². The molecule has 0 bridgehead atoms. The first kappa shape index (κ1) is 24.4. The fourth-order valence-corrected chi connectivity index (χ4v) is 4.91. The molecule has 1 fully saturated rings. The van der Waals surface area contributed by atoms with E-state index >= 15 is 0 Å². The van der Waals surface area contributed by atoms with Crippen LogP contribution in [-0.4, -0.2) is 76.5 Å². The molecule has 1 aliphatic rings. The number of carbonyl (C=O) groups excluding carboxylic acids is 2. The number of nitrogens with zero attached hydrogens (tertiary/aromatic N) is 7. The molecule has 0 spiro atoms. The van der Waals surface area contributed by atoms with Crippen molar-refractivity contribution in [2.24, 2.45) is 0 Å². The van der Waals surface area contributed by atoms with Crippen LogP contribution in [0, 0.1) is 5.82 Å². The van der Waals surface area contributed by atoms with Gasteiger partial charge in [0.25, 0.3) is 0 Å². The Kier molecular flexibility index (Phi) is 6.83. The Labute approximate surface area is 213 Å². The lowest BCUT2D eigenvalue weighted by Gasteiger charge is -2.22. The summed E-state index contributed by atoms with van der Waals surface area (Å²) in [6.07, 6.45) is 7.74. The molecule has 2 amide bonds. The average Bonchev–Trinajstić information content (AvgIpc) is 3.62. The molecule has 0 radical (unpaired) electrons. The fraction of sp³-hybridized carbons (Fsp3) is 0.261. The van der Waals surface area contributed by atoms with Crippen LogP contribution in [-0.2, 0) is 16.1 Å². The van der Waals surface area contributed by atoms with Crippen molar-refractivity contribution < 1.29 is 19.1 Å². The normalized spacial score (nSPS) is 17.2. The molecule has 1 aliphatic heterocycles. The lowest BCUT2D eigenvalue weighted by molar-refractivity contribution is -0.135. The molecule has 0 aliphatic carbocycles. The Morgan fingerprint density at radius 3 is 2.92 bits per heavy atom. The highest BCUT2D eigenvalue weighted by Crippen LogP contribution is 2.30. The van der Waals surface area contributed by atoms with Gasteiger partial charge in [0.1, 0.15) is 29.4 Å². The van der Waals surface area contributed by atoms with E-state index in [4.69, 9.17) is 0 Å². The maximum Gasteiger partial charge on any atom is 0.246 e. The number of β-amino-alcohol motifs (C(OH)–C–C–N with tert-alkyl or cyclic N) is 1. The molecule has 3 N–H and O–H groups in total. The number of halogens is 1. The smallest absolute Gasteiger partial charge is 0.246 e. The number of aliphatic hydroxyl groups is 1. The van der Waals surface area contributed by atoms with E-state index in [0.29, 0.717) is 34.4 Å². The van der Waals surface area contributed by atoms with Gasteiger partial charge in [-0.25, -0.2) is 29.3 Å². The van der Waals surface area contributed by atoms with Gasteiger partial charge < -0.3 is 25.2 Å². The summed E-state index contributed by atoms with van der Waals surface area (Å²) < 4.78 is 15.8. The molecule has 4 aromatic heterocycles.